The van der Waals surface area contributed by atoms with Crippen LogP contribution in [0, 0.1) is 6.92 Å². The fourth-order valence-electron chi connectivity index (χ4n) is 1.90. The van der Waals surface area contributed by atoms with E-state index in [1.807, 2.05) is 18.2 Å². The molecule has 0 saturated carbocycles. The van der Waals surface area contributed by atoms with Crippen molar-refractivity contribution < 1.29 is 9.53 Å². The van der Waals surface area contributed by atoms with Gasteiger partial charge in [-0.2, -0.15) is 0 Å². The van der Waals surface area contributed by atoms with Gasteiger partial charge in [-0.3, -0.25) is 4.90 Å². The lowest BCUT2D eigenvalue weighted by Gasteiger charge is -2.19. The minimum absolute atomic E-state index is 0.218. The second-order valence-corrected chi connectivity index (χ2v) is 4.23. The van der Waals surface area contributed by atoms with Crippen molar-refractivity contribution in [2.75, 3.05) is 6.61 Å². The molecule has 0 atom stereocenters. The summed E-state index contributed by atoms with van der Waals surface area (Å²) >= 11 is 0. The number of aryl methyl sites for hydroxylation is 1. The summed E-state index contributed by atoms with van der Waals surface area (Å²) in [6.45, 7) is 4.26. The monoisotopic (exact) mass is 243 g/mol. The molecule has 0 N–H and O–H groups in total. The number of carbonyl (C=O) groups excluding carboxylic acids is 1. The molecule has 18 heavy (non-hydrogen) atoms. The van der Waals surface area contributed by atoms with Crippen LogP contribution >= 0.6 is 0 Å². The third kappa shape index (κ3) is 2.80. The van der Waals surface area contributed by atoms with Crippen molar-refractivity contribution in [1.82, 2.24) is 4.90 Å². The van der Waals surface area contributed by atoms with Gasteiger partial charge < -0.3 is 4.74 Å². The standard InChI is InChI=1S/C15H17NO2/c1-3-18-15(17)16-9-7-13(8-10-16)14-6-4-5-12(2)11-14/h4-11,13H,3H2,1-2H3. The van der Waals surface area contributed by atoms with Crippen LogP contribution in [0.4, 0.5) is 4.79 Å². The van der Waals surface area contributed by atoms with Gasteiger partial charge in [0.1, 0.15) is 0 Å². The third-order valence-corrected chi connectivity index (χ3v) is 2.81. The number of carbonyl (C=O) groups is 1. The van der Waals surface area contributed by atoms with E-state index in [4.69, 9.17) is 4.74 Å². The predicted molar refractivity (Wildman–Crippen MR) is 71.1 cm³/mol. The average Bonchev–Trinajstić information content (AvgIpc) is 2.39. The lowest BCUT2D eigenvalue weighted by atomic mass is 9.96. The van der Waals surface area contributed by atoms with Crippen molar-refractivity contribution in [3.05, 3.63) is 59.9 Å². The van der Waals surface area contributed by atoms with Crippen LogP contribution in [-0.4, -0.2) is 17.6 Å². The van der Waals surface area contributed by atoms with Gasteiger partial charge in [-0.15, -0.1) is 0 Å². The van der Waals surface area contributed by atoms with Gasteiger partial charge >= 0.3 is 6.09 Å². The molecule has 1 aliphatic heterocycles. The molecule has 1 heterocycles. The van der Waals surface area contributed by atoms with Crippen LogP contribution in [0.5, 0.6) is 0 Å². The number of nitrogens with zero attached hydrogens (tertiary/aromatic N) is 1. The average molecular weight is 243 g/mol. The maximum atomic E-state index is 11.5. The van der Waals surface area contributed by atoms with Crippen LogP contribution < -0.4 is 0 Å². The Kier molecular flexibility index (Phi) is 3.82. The summed E-state index contributed by atoms with van der Waals surface area (Å²) in [5, 5.41) is 0. The molecule has 94 valence electrons. The Morgan fingerprint density at radius 3 is 2.67 bits per heavy atom. The molecule has 1 aliphatic rings. The van der Waals surface area contributed by atoms with Crippen LogP contribution in [-0.2, 0) is 4.74 Å². The zero-order chi connectivity index (χ0) is 13.0. The van der Waals surface area contributed by atoms with Gasteiger partial charge in [0.05, 0.1) is 6.61 Å². The predicted octanol–water partition coefficient (Wildman–Crippen LogP) is 3.58. The zero-order valence-corrected chi connectivity index (χ0v) is 10.7. The van der Waals surface area contributed by atoms with E-state index in [1.165, 1.54) is 16.0 Å². The summed E-state index contributed by atoms with van der Waals surface area (Å²) in [6, 6.07) is 8.36. The van der Waals surface area contributed by atoms with Crippen LogP contribution in [0.1, 0.15) is 24.0 Å². The van der Waals surface area contributed by atoms with E-state index in [9.17, 15) is 4.79 Å². The molecule has 0 fully saturated rings. The van der Waals surface area contributed by atoms with Crippen LogP contribution in [0.2, 0.25) is 0 Å². The number of allylic oxidation sites excluding steroid dienone is 2. The van der Waals surface area contributed by atoms with E-state index >= 15 is 0 Å². The second kappa shape index (κ2) is 5.54. The largest absolute Gasteiger partial charge is 0.449 e. The van der Waals surface area contributed by atoms with E-state index in [1.54, 1.807) is 19.3 Å². The smallest absolute Gasteiger partial charge is 0.417 e. The first-order chi connectivity index (χ1) is 8.70. The number of rotatable bonds is 2. The highest BCUT2D eigenvalue weighted by Crippen LogP contribution is 2.23. The highest BCUT2D eigenvalue weighted by molar-refractivity contribution is 5.70. The zero-order valence-electron chi connectivity index (χ0n) is 10.7. The van der Waals surface area contributed by atoms with Gasteiger partial charge in [-0.05, 0) is 19.4 Å². The molecule has 2 rings (SSSR count). The number of benzene rings is 1. The van der Waals surface area contributed by atoms with Gasteiger partial charge in [0, 0.05) is 18.3 Å². The quantitative estimate of drug-likeness (QED) is 0.794. The van der Waals surface area contributed by atoms with Crippen molar-refractivity contribution in [3.8, 4) is 0 Å². The molecule has 0 spiro atoms. The first-order valence-electron chi connectivity index (χ1n) is 6.09. The summed E-state index contributed by atoms with van der Waals surface area (Å²) in [5.74, 6) is 0.218. The summed E-state index contributed by atoms with van der Waals surface area (Å²) in [6.07, 6.45) is 7.15. The Bertz CT molecular complexity index is 477. The van der Waals surface area contributed by atoms with Crippen molar-refractivity contribution in [2.45, 2.75) is 19.8 Å². The first kappa shape index (κ1) is 12.4. The van der Waals surface area contributed by atoms with Gasteiger partial charge in [-0.25, -0.2) is 4.79 Å². The number of ether oxygens (including phenoxy) is 1. The molecule has 1 aromatic carbocycles. The molecule has 1 amide bonds. The highest BCUT2D eigenvalue weighted by Gasteiger charge is 2.14. The van der Waals surface area contributed by atoms with E-state index in [0.717, 1.165) is 0 Å². The van der Waals surface area contributed by atoms with Crippen LogP contribution in [0.25, 0.3) is 0 Å². The minimum atomic E-state index is -0.340. The number of amides is 1. The molecule has 3 heteroatoms. The van der Waals surface area contributed by atoms with Crippen molar-refractivity contribution in [3.63, 3.8) is 0 Å². The molecule has 0 aliphatic carbocycles. The van der Waals surface area contributed by atoms with Crippen molar-refractivity contribution in [2.24, 2.45) is 0 Å². The van der Waals surface area contributed by atoms with Gasteiger partial charge in [0.15, 0.2) is 0 Å². The topological polar surface area (TPSA) is 29.5 Å². The second-order valence-electron chi connectivity index (χ2n) is 4.23. The molecule has 3 nitrogen and oxygen atoms in total. The molecular weight excluding hydrogens is 226 g/mol. The maximum absolute atomic E-state index is 11.5. The van der Waals surface area contributed by atoms with Gasteiger partial charge in [0.25, 0.3) is 0 Å². The maximum Gasteiger partial charge on any atom is 0.417 e. The van der Waals surface area contributed by atoms with Crippen molar-refractivity contribution in [1.29, 1.82) is 0 Å². The fraction of sp³-hybridized carbons (Fsp3) is 0.267. The Morgan fingerprint density at radius 2 is 2.06 bits per heavy atom. The molecule has 0 radical (unpaired) electrons. The molecule has 0 aromatic heterocycles. The molecular formula is C15H17NO2. The lowest BCUT2D eigenvalue weighted by Crippen LogP contribution is -2.23. The van der Waals surface area contributed by atoms with Gasteiger partial charge in [-0.1, -0.05) is 42.0 Å². The summed E-state index contributed by atoms with van der Waals surface area (Å²) < 4.78 is 4.93. The van der Waals surface area contributed by atoms with E-state index < -0.39 is 0 Å². The minimum Gasteiger partial charge on any atom is -0.449 e. The molecule has 0 unspecified atom stereocenters. The van der Waals surface area contributed by atoms with E-state index in [-0.39, 0.29) is 12.0 Å². The Balaban J connectivity index is 2.07. The molecule has 0 bridgehead atoms. The highest BCUT2D eigenvalue weighted by atomic mass is 16.5. The van der Waals surface area contributed by atoms with E-state index in [2.05, 4.69) is 25.1 Å². The third-order valence-electron chi connectivity index (χ3n) is 2.81. The summed E-state index contributed by atoms with van der Waals surface area (Å²) in [7, 11) is 0. The van der Waals surface area contributed by atoms with Gasteiger partial charge in [0.2, 0.25) is 0 Å². The molecule has 0 saturated heterocycles. The number of hydrogen-bond donors (Lipinski definition) is 0. The Morgan fingerprint density at radius 1 is 1.33 bits per heavy atom. The lowest BCUT2D eigenvalue weighted by molar-refractivity contribution is 0.133. The Hall–Kier alpha value is -2.03. The fourth-order valence-corrected chi connectivity index (χ4v) is 1.90. The van der Waals surface area contributed by atoms with Crippen LogP contribution in [0.3, 0.4) is 0 Å². The van der Waals surface area contributed by atoms with Crippen molar-refractivity contribution >= 4 is 6.09 Å². The Labute approximate surface area is 107 Å². The molecule has 1 aromatic rings. The normalized spacial score (nSPS) is 14.9. The summed E-state index contributed by atoms with van der Waals surface area (Å²) in [4.78, 5) is 13.0. The van der Waals surface area contributed by atoms with E-state index in [0.29, 0.717) is 6.61 Å². The number of hydrogen-bond acceptors (Lipinski definition) is 2. The SMILES string of the molecule is CCOC(=O)N1C=CC(c2cccc(C)c2)C=C1. The van der Waals surface area contributed by atoms with Crippen LogP contribution in [0.15, 0.2) is 48.8 Å². The summed E-state index contributed by atoms with van der Waals surface area (Å²) in [5.41, 5.74) is 2.47. The first-order valence-corrected chi connectivity index (χ1v) is 6.09.